The van der Waals surface area contributed by atoms with Gasteiger partial charge >= 0.3 is 5.97 Å². The molecule has 2 atom stereocenters. The molecule has 3 heteroatoms. The summed E-state index contributed by atoms with van der Waals surface area (Å²) in [7, 11) is 1.44. The van der Waals surface area contributed by atoms with E-state index in [1.54, 1.807) is 0 Å². The summed E-state index contributed by atoms with van der Waals surface area (Å²) < 4.78 is 4.68. The number of ether oxygens (including phenoxy) is 1. The second-order valence-electron chi connectivity index (χ2n) is 3.28. The minimum Gasteiger partial charge on any atom is -0.468 e. The number of hydrogen-bond acceptors (Lipinski definition) is 3. The highest BCUT2D eigenvalue weighted by atomic mass is 16.5. The predicted octanol–water partition coefficient (Wildman–Crippen LogP) is 1.08. The Morgan fingerprint density at radius 3 is 2.92 bits per heavy atom. The molecule has 0 amide bonds. The van der Waals surface area contributed by atoms with E-state index in [0.29, 0.717) is 6.04 Å². The van der Waals surface area contributed by atoms with Gasteiger partial charge in [0, 0.05) is 6.04 Å². The van der Waals surface area contributed by atoms with Gasteiger partial charge in [0.15, 0.2) is 0 Å². The molecule has 0 spiro atoms. The lowest BCUT2D eigenvalue weighted by Gasteiger charge is -2.28. The number of piperidine rings is 1. The van der Waals surface area contributed by atoms with E-state index in [4.69, 9.17) is 0 Å². The van der Waals surface area contributed by atoms with Crippen molar-refractivity contribution >= 4 is 5.97 Å². The molecule has 1 heterocycles. The highest BCUT2D eigenvalue weighted by Gasteiger charge is 2.25. The summed E-state index contributed by atoms with van der Waals surface area (Å²) in [4.78, 5) is 11.1. The molecule has 3 nitrogen and oxygen atoms in total. The van der Waals surface area contributed by atoms with Crippen LogP contribution in [0.1, 0.15) is 32.6 Å². The molecule has 1 saturated heterocycles. The molecule has 0 unspecified atom stereocenters. The van der Waals surface area contributed by atoms with E-state index in [0.717, 1.165) is 19.3 Å². The van der Waals surface area contributed by atoms with E-state index >= 15 is 0 Å². The number of carbonyl (C=O) groups excluding carboxylic acids is 1. The molecule has 0 aromatic carbocycles. The molecule has 1 N–H and O–H groups in total. The lowest BCUT2D eigenvalue weighted by atomic mass is 9.97. The van der Waals surface area contributed by atoms with E-state index in [1.165, 1.54) is 13.5 Å². The van der Waals surface area contributed by atoms with Crippen LogP contribution in [-0.2, 0) is 9.53 Å². The maximum Gasteiger partial charge on any atom is 0.322 e. The molecule has 1 aliphatic heterocycles. The molecule has 1 fully saturated rings. The minimum absolute atomic E-state index is 0.0614. The summed E-state index contributed by atoms with van der Waals surface area (Å²) in [6, 6.07) is 0.441. The Balaban J connectivity index is 2.40. The van der Waals surface area contributed by atoms with E-state index in [-0.39, 0.29) is 12.0 Å². The van der Waals surface area contributed by atoms with Crippen molar-refractivity contribution in [3.05, 3.63) is 0 Å². The summed E-state index contributed by atoms with van der Waals surface area (Å²) in [5.41, 5.74) is 0. The minimum atomic E-state index is -0.117. The molecule has 1 rings (SSSR count). The molecular formula is C9H17NO2. The van der Waals surface area contributed by atoms with E-state index in [2.05, 4.69) is 17.0 Å². The first-order valence-corrected chi connectivity index (χ1v) is 4.61. The fourth-order valence-corrected chi connectivity index (χ4v) is 1.67. The van der Waals surface area contributed by atoms with Gasteiger partial charge in [-0.25, -0.2) is 0 Å². The maximum atomic E-state index is 11.1. The van der Waals surface area contributed by atoms with Gasteiger partial charge in [0.05, 0.1) is 7.11 Å². The Morgan fingerprint density at radius 2 is 2.33 bits per heavy atom. The van der Waals surface area contributed by atoms with Crippen molar-refractivity contribution in [3.8, 4) is 0 Å². The zero-order valence-electron chi connectivity index (χ0n) is 7.80. The monoisotopic (exact) mass is 171 g/mol. The van der Waals surface area contributed by atoms with Crippen LogP contribution in [0.4, 0.5) is 0 Å². The second-order valence-corrected chi connectivity index (χ2v) is 3.28. The quantitative estimate of drug-likeness (QED) is 0.632. The largest absolute Gasteiger partial charge is 0.468 e. The van der Waals surface area contributed by atoms with Crippen LogP contribution in [0.25, 0.3) is 0 Å². The molecule has 0 aromatic rings. The van der Waals surface area contributed by atoms with Gasteiger partial charge in [-0.2, -0.15) is 0 Å². The van der Waals surface area contributed by atoms with Crippen LogP contribution >= 0.6 is 0 Å². The third-order valence-electron chi connectivity index (χ3n) is 2.46. The van der Waals surface area contributed by atoms with Crippen molar-refractivity contribution in [2.24, 2.45) is 0 Å². The highest BCUT2D eigenvalue weighted by molar-refractivity contribution is 5.75. The van der Waals surface area contributed by atoms with Crippen LogP contribution in [0.5, 0.6) is 0 Å². The molecule has 0 radical (unpaired) electrons. The average Bonchev–Trinajstić information content (AvgIpc) is 2.17. The standard InChI is InChI=1S/C9H17NO2/c1-3-7-5-4-6-8(10-7)9(11)12-2/h7-8,10H,3-6H2,1-2H3/t7-,8-/m1/s1. The molecule has 0 aliphatic carbocycles. The molecule has 70 valence electrons. The Morgan fingerprint density at radius 1 is 1.58 bits per heavy atom. The lowest BCUT2D eigenvalue weighted by Crippen LogP contribution is -2.46. The Hall–Kier alpha value is -0.570. The van der Waals surface area contributed by atoms with Gasteiger partial charge in [-0.05, 0) is 25.7 Å². The lowest BCUT2D eigenvalue weighted by molar-refractivity contribution is -0.144. The molecule has 0 saturated carbocycles. The Labute approximate surface area is 73.5 Å². The van der Waals surface area contributed by atoms with Gasteiger partial charge in [0.25, 0.3) is 0 Å². The summed E-state index contributed by atoms with van der Waals surface area (Å²) in [5.74, 6) is -0.117. The second kappa shape index (κ2) is 4.45. The van der Waals surface area contributed by atoms with Crippen LogP contribution in [0, 0.1) is 0 Å². The van der Waals surface area contributed by atoms with Gasteiger partial charge in [-0.15, -0.1) is 0 Å². The smallest absolute Gasteiger partial charge is 0.322 e. The zero-order valence-corrected chi connectivity index (χ0v) is 7.80. The Bertz CT molecular complexity index is 159. The van der Waals surface area contributed by atoms with Crippen LogP contribution in [0.3, 0.4) is 0 Å². The van der Waals surface area contributed by atoms with Crippen molar-refractivity contribution in [1.82, 2.24) is 5.32 Å². The maximum absolute atomic E-state index is 11.1. The van der Waals surface area contributed by atoms with E-state index in [1.807, 2.05) is 0 Å². The topological polar surface area (TPSA) is 38.3 Å². The van der Waals surface area contributed by atoms with Crippen molar-refractivity contribution in [3.63, 3.8) is 0 Å². The highest BCUT2D eigenvalue weighted by Crippen LogP contribution is 2.15. The number of hydrogen-bond donors (Lipinski definition) is 1. The van der Waals surface area contributed by atoms with E-state index in [9.17, 15) is 4.79 Å². The number of methoxy groups -OCH3 is 1. The van der Waals surface area contributed by atoms with E-state index < -0.39 is 0 Å². The fourth-order valence-electron chi connectivity index (χ4n) is 1.67. The number of rotatable bonds is 2. The third-order valence-corrected chi connectivity index (χ3v) is 2.46. The van der Waals surface area contributed by atoms with Gasteiger partial charge in [0.2, 0.25) is 0 Å². The van der Waals surface area contributed by atoms with Crippen LogP contribution in [0.2, 0.25) is 0 Å². The summed E-state index contributed by atoms with van der Waals surface area (Å²) in [5, 5.41) is 3.28. The number of carbonyl (C=O) groups is 1. The van der Waals surface area contributed by atoms with Crippen molar-refractivity contribution in [1.29, 1.82) is 0 Å². The third kappa shape index (κ3) is 2.21. The van der Waals surface area contributed by atoms with Crippen LogP contribution in [-0.4, -0.2) is 25.2 Å². The van der Waals surface area contributed by atoms with Gasteiger partial charge < -0.3 is 10.1 Å². The van der Waals surface area contributed by atoms with Crippen molar-refractivity contribution < 1.29 is 9.53 Å². The van der Waals surface area contributed by atoms with Crippen LogP contribution in [0.15, 0.2) is 0 Å². The SMILES string of the molecule is CC[C@@H]1CCC[C@H](C(=O)OC)N1. The van der Waals surface area contributed by atoms with Gasteiger partial charge in [-0.3, -0.25) is 4.79 Å². The number of nitrogens with one attached hydrogen (secondary N) is 1. The molecule has 1 aliphatic rings. The zero-order chi connectivity index (χ0) is 8.97. The molecule has 0 bridgehead atoms. The van der Waals surface area contributed by atoms with Crippen molar-refractivity contribution in [2.75, 3.05) is 7.11 Å². The van der Waals surface area contributed by atoms with Gasteiger partial charge in [0.1, 0.15) is 6.04 Å². The Kier molecular flexibility index (Phi) is 3.53. The van der Waals surface area contributed by atoms with Gasteiger partial charge in [-0.1, -0.05) is 6.92 Å². The average molecular weight is 171 g/mol. The normalized spacial score (nSPS) is 29.8. The molecular weight excluding hydrogens is 154 g/mol. The summed E-state index contributed by atoms with van der Waals surface area (Å²) >= 11 is 0. The first-order chi connectivity index (χ1) is 5.77. The first-order valence-electron chi connectivity index (χ1n) is 4.61. The van der Waals surface area contributed by atoms with Crippen molar-refractivity contribution in [2.45, 2.75) is 44.7 Å². The molecule has 0 aromatic heterocycles. The predicted molar refractivity (Wildman–Crippen MR) is 46.9 cm³/mol. The first kappa shape index (κ1) is 9.52. The summed E-state index contributed by atoms with van der Waals surface area (Å²) in [6.07, 6.45) is 4.33. The molecule has 12 heavy (non-hydrogen) atoms. The summed E-state index contributed by atoms with van der Waals surface area (Å²) in [6.45, 7) is 2.14. The number of esters is 1. The van der Waals surface area contributed by atoms with Crippen LogP contribution < -0.4 is 5.32 Å². The fraction of sp³-hybridized carbons (Fsp3) is 0.889.